The number of benzene rings is 1. The average Bonchev–Trinajstić information content (AvgIpc) is 3.14. The second kappa shape index (κ2) is 9.38. The number of hydrogen-bond donors (Lipinski definition) is 3. The topological polar surface area (TPSA) is 78.7 Å². The van der Waals surface area contributed by atoms with Crippen LogP contribution >= 0.6 is 0 Å². The van der Waals surface area contributed by atoms with Crippen molar-refractivity contribution in [3.63, 3.8) is 0 Å². The van der Waals surface area contributed by atoms with E-state index in [4.69, 9.17) is 5.11 Å². The summed E-state index contributed by atoms with van der Waals surface area (Å²) in [5.74, 6) is -0.176. The summed E-state index contributed by atoms with van der Waals surface area (Å²) in [6.45, 7) is 1.60. The van der Waals surface area contributed by atoms with Gasteiger partial charge in [0.15, 0.2) is 5.65 Å². The van der Waals surface area contributed by atoms with Crippen LogP contribution in [0.25, 0.3) is 16.9 Å². The van der Waals surface area contributed by atoms with Gasteiger partial charge >= 0.3 is 6.18 Å². The van der Waals surface area contributed by atoms with Gasteiger partial charge in [-0.1, -0.05) is 6.07 Å². The number of aliphatic hydroxyl groups is 1. The Morgan fingerprint density at radius 1 is 1.26 bits per heavy atom. The Morgan fingerprint density at radius 2 is 2.03 bits per heavy atom. The molecular weight excluding hydrogens is 409 g/mol. The van der Waals surface area contributed by atoms with E-state index in [1.54, 1.807) is 25.4 Å². The van der Waals surface area contributed by atoms with E-state index in [0.717, 1.165) is 22.4 Å². The van der Waals surface area contributed by atoms with E-state index >= 15 is 0 Å². The van der Waals surface area contributed by atoms with E-state index in [-0.39, 0.29) is 19.1 Å². The number of nitrogens with zero attached hydrogens (tertiary/aromatic N) is 2. The van der Waals surface area contributed by atoms with Crippen molar-refractivity contribution in [1.29, 1.82) is 0 Å². The molecule has 0 saturated carbocycles. The van der Waals surface area contributed by atoms with Gasteiger partial charge in [-0.2, -0.15) is 13.2 Å². The van der Waals surface area contributed by atoms with Crippen LogP contribution in [0.4, 0.5) is 18.9 Å². The minimum atomic E-state index is -4.25. The molecule has 0 saturated heterocycles. The molecule has 3 aromatic rings. The molecule has 31 heavy (non-hydrogen) atoms. The fraction of sp³-hybridized carbons (Fsp3) is 0.364. The number of alkyl halides is 3. The molecule has 1 amide bonds. The molecule has 2 aromatic heterocycles. The van der Waals surface area contributed by atoms with Crippen LogP contribution in [0, 0.1) is 6.92 Å². The van der Waals surface area contributed by atoms with Crippen molar-refractivity contribution in [2.24, 2.45) is 0 Å². The molecule has 0 atom stereocenters. The minimum absolute atomic E-state index is 0.0197. The van der Waals surface area contributed by atoms with Crippen molar-refractivity contribution in [3.8, 4) is 11.3 Å². The zero-order valence-corrected chi connectivity index (χ0v) is 17.4. The molecule has 0 aliphatic rings. The summed E-state index contributed by atoms with van der Waals surface area (Å²) in [4.78, 5) is 16.4. The first-order valence-corrected chi connectivity index (χ1v) is 9.98. The number of pyridine rings is 1. The number of imidazole rings is 1. The Balaban J connectivity index is 2.02. The summed E-state index contributed by atoms with van der Waals surface area (Å²) in [6.07, 6.45) is -0.543. The monoisotopic (exact) mass is 434 g/mol. The lowest BCUT2D eigenvalue weighted by atomic mass is 10.0. The van der Waals surface area contributed by atoms with Gasteiger partial charge in [0.1, 0.15) is 0 Å². The zero-order chi connectivity index (χ0) is 22.6. The van der Waals surface area contributed by atoms with Crippen LogP contribution in [0.15, 0.2) is 36.7 Å². The van der Waals surface area contributed by atoms with Crippen molar-refractivity contribution in [1.82, 2.24) is 14.7 Å². The van der Waals surface area contributed by atoms with Crippen LogP contribution in [0.5, 0.6) is 0 Å². The molecule has 3 rings (SSSR count). The van der Waals surface area contributed by atoms with Crippen molar-refractivity contribution in [2.45, 2.75) is 32.4 Å². The van der Waals surface area contributed by atoms with E-state index in [1.807, 2.05) is 29.7 Å². The van der Waals surface area contributed by atoms with Crippen LogP contribution in [-0.2, 0) is 6.42 Å². The zero-order valence-electron chi connectivity index (χ0n) is 17.4. The number of fused-ring (bicyclic) bond motifs is 1. The summed E-state index contributed by atoms with van der Waals surface area (Å²) in [6, 6.07) is 7.21. The van der Waals surface area contributed by atoms with Gasteiger partial charge in [0.2, 0.25) is 0 Å². The molecule has 0 unspecified atom stereocenters. The summed E-state index contributed by atoms with van der Waals surface area (Å²) >= 11 is 0. The molecule has 9 heteroatoms. The van der Waals surface area contributed by atoms with E-state index in [9.17, 15) is 18.0 Å². The Bertz CT molecular complexity index is 1080. The first kappa shape index (κ1) is 22.6. The highest BCUT2D eigenvalue weighted by Gasteiger charge is 2.26. The highest BCUT2D eigenvalue weighted by atomic mass is 19.4. The predicted molar refractivity (Wildman–Crippen MR) is 113 cm³/mol. The molecule has 0 aliphatic heterocycles. The fourth-order valence-electron chi connectivity index (χ4n) is 3.46. The van der Waals surface area contributed by atoms with Crippen molar-refractivity contribution in [3.05, 3.63) is 53.3 Å². The van der Waals surface area contributed by atoms with Gasteiger partial charge in [-0.05, 0) is 49.1 Å². The lowest BCUT2D eigenvalue weighted by Crippen LogP contribution is -2.18. The molecule has 0 fully saturated rings. The second-order valence-corrected chi connectivity index (χ2v) is 7.33. The maximum atomic E-state index is 12.6. The van der Waals surface area contributed by atoms with E-state index in [1.165, 1.54) is 0 Å². The van der Waals surface area contributed by atoms with Gasteiger partial charge in [-0.25, -0.2) is 4.98 Å². The number of carbonyl (C=O) groups excluding carboxylic acids is 1. The van der Waals surface area contributed by atoms with Gasteiger partial charge in [-0.15, -0.1) is 0 Å². The third-order valence-corrected chi connectivity index (χ3v) is 5.00. The quantitative estimate of drug-likeness (QED) is 0.502. The third-order valence-electron chi connectivity index (χ3n) is 5.00. The Hall–Kier alpha value is -3.07. The third kappa shape index (κ3) is 5.35. The van der Waals surface area contributed by atoms with Crippen molar-refractivity contribution >= 4 is 17.2 Å². The van der Waals surface area contributed by atoms with Crippen LogP contribution in [0.2, 0.25) is 0 Å². The fourth-order valence-corrected chi connectivity index (χ4v) is 3.46. The normalized spacial score (nSPS) is 11.7. The number of hydrogen-bond acceptors (Lipinski definition) is 4. The summed E-state index contributed by atoms with van der Waals surface area (Å²) in [5, 5.41) is 14.6. The number of halogens is 3. The highest BCUT2D eigenvalue weighted by molar-refractivity contribution is 5.96. The number of amides is 1. The van der Waals surface area contributed by atoms with Crippen LogP contribution in [0.1, 0.15) is 34.3 Å². The average molecular weight is 434 g/mol. The maximum Gasteiger partial charge on any atom is 0.390 e. The highest BCUT2D eigenvalue weighted by Crippen LogP contribution is 2.28. The van der Waals surface area contributed by atoms with Gasteiger partial charge < -0.3 is 15.7 Å². The number of carbonyl (C=O) groups is 1. The first-order valence-electron chi connectivity index (χ1n) is 9.98. The number of aliphatic hydroxyl groups excluding tert-OH is 1. The Kier molecular flexibility index (Phi) is 6.84. The van der Waals surface area contributed by atoms with Crippen LogP contribution in [0.3, 0.4) is 0 Å². The van der Waals surface area contributed by atoms with Gasteiger partial charge in [0.05, 0.1) is 24.0 Å². The van der Waals surface area contributed by atoms with Gasteiger partial charge in [0, 0.05) is 37.5 Å². The van der Waals surface area contributed by atoms with Crippen molar-refractivity contribution in [2.75, 3.05) is 25.5 Å². The summed E-state index contributed by atoms with van der Waals surface area (Å²) in [7, 11) is 1.57. The number of nitrogens with one attached hydrogen (secondary N) is 2. The smallest absolute Gasteiger partial charge is 0.390 e. The summed E-state index contributed by atoms with van der Waals surface area (Å²) < 4.78 is 39.6. The summed E-state index contributed by atoms with van der Waals surface area (Å²) in [5.41, 5.74) is 4.84. The van der Waals surface area contributed by atoms with Crippen molar-refractivity contribution < 1.29 is 23.1 Å². The number of anilines is 1. The molecule has 0 aliphatic carbocycles. The molecule has 0 radical (unpaired) electrons. The standard InChI is InChI=1S/C22H25F3N4O2/c1-14-10-16(5-6-17(14)21(31)26-2)19-12-28-20-18(27-8-7-22(23,24)25)11-15(4-3-9-30)13-29(19)20/h5-6,10-13,27,30H,3-4,7-9H2,1-2H3,(H,26,31). The predicted octanol–water partition coefficient (Wildman–Crippen LogP) is 3.96. The Labute approximate surface area is 178 Å². The molecule has 6 nitrogen and oxygen atoms in total. The number of aryl methyl sites for hydroxylation is 2. The largest absolute Gasteiger partial charge is 0.396 e. The minimum Gasteiger partial charge on any atom is -0.396 e. The molecule has 3 N–H and O–H groups in total. The van der Waals surface area contributed by atoms with E-state index in [2.05, 4.69) is 15.6 Å². The molecule has 166 valence electrons. The molecule has 0 spiro atoms. The lowest BCUT2D eigenvalue weighted by molar-refractivity contribution is -0.131. The molecule has 2 heterocycles. The lowest BCUT2D eigenvalue weighted by Gasteiger charge is -2.13. The van der Waals surface area contributed by atoms with Crippen LogP contribution in [-0.4, -0.2) is 46.8 Å². The Morgan fingerprint density at radius 3 is 2.68 bits per heavy atom. The first-order chi connectivity index (χ1) is 14.7. The van der Waals surface area contributed by atoms with Crippen LogP contribution < -0.4 is 10.6 Å². The maximum absolute atomic E-state index is 12.6. The number of aromatic nitrogens is 2. The number of rotatable bonds is 8. The molecule has 1 aromatic carbocycles. The van der Waals surface area contributed by atoms with E-state index < -0.39 is 12.6 Å². The molecular formula is C22H25F3N4O2. The SMILES string of the molecule is CNC(=O)c1ccc(-c2cnc3c(NCCC(F)(F)F)cc(CCCO)cn23)cc1C. The van der Waals surface area contributed by atoms with Gasteiger partial charge in [-0.3, -0.25) is 9.20 Å². The second-order valence-electron chi connectivity index (χ2n) is 7.33. The van der Waals surface area contributed by atoms with E-state index in [0.29, 0.717) is 29.7 Å². The van der Waals surface area contributed by atoms with Gasteiger partial charge in [0.25, 0.3) is 5.91 Å². The molecule has 0 bridgehead atoms.